The summed E-state index contributed by atoms with van der Waals surface area (Å²) in [6.45, 7) is 0. The molecule has 0 bridgehead atoms. The summed E-state index contributed by atoms with van der Waals surface area (Å²) in [7, 11) is 0. The molecule has 0 saturated carbocycles. The van der Waals surface area contributed by atoms with E-state index in [4.69, 9.17) is 4.98 Å². The maximum atomic E-state index is 9.96. The van der Waals surface area contributed by atoms with Crippen LogP contribution in [0.15, 0.2) is 73.6 Å². The lowest BCUT2D eigenvalue weighted by atomic mass is 9.90. The molecule has 0 spiro atoms. The van der Waals surface area contributed by atoms with E-state index in [1.54, 1.807) is 67.5 Å². The zero-order valence-corrected chi connectivity index (χ0v) is 14.6. The minimum atomic E-state index is 0.327. The molecule has 0 fully saturated rings. The molecule has 0 saturated heterocycles. The van der Waals surface area contributed by atoms with Crippen molar-refractivity contribution in [3.63, 3.8) is 0 Å². The van der Waals surface area contributed by atoms with Crippen LogP contribution in [0.2, 0.25) is 0 Å². The molecular weight excluding hydrogens is 348 g/mol. The SMILES string of the molecule is N#Cc1c(-c2ccncc2)nc(-c2ccncc2)c(C#N)c1-c1cccnc1. The second-order valence-corrected chi connectivity index (χ2v) is 5.87. The molecule has 0 aliphatic carbocycles. The predicted molar refractivity (Wildman–Crippen MR) is 103 cm³/mol. The van der Waals surface area contributed by atoms with Crippen molar-refractivity contribution in [3.05, 3.63) is 84.7 Å². The highest BCUT2D eigenvalue weighted by molar-refractivity contribution is 5.88. The van der Waals surface area contributed by atoms with Crippen molar-refractivity contribution in [2.45, 2.75) is 0 Å². The van der Waals surface area contributed by atoms with Crippen molar-refractivity contribution in [2.75, 3.05) is 0 Å². The van der Waals surface area contributed by atoms with E-state index in [-0.39, 0.29) is 0 Å². The van der Waals surface area contributed by atoms with Gasteiger partial charge in [0.15, 0.2) is 0 Å². The lowest BCUT2D eigenvalue weighted by Gasteiger charge is -2.15. The molecule has 6 heteroatoms. The monoisotopic (exact) mass is 360 g/mol. The Morgan fingerprint density at radius 3 is 1.57 bits per heavy atom. The highest BCUT2D eigenvalue weighted by Gasteiger charge is 2.23. The maximum Gasteiger partial charge on any atom is 0.102 e. The first-order valence-corrected chi connectivity index (χ1v) is 8.43. The molecule has 0 unspecified atom stereocenters. The molecule has 0 N–H and O–H groups in total. The van der Waals surface area contributed by atoms with E-state index in [2.05, 4.69) is 27.1 Å². The van der Waals surface area contributed by atoms with Gasteiger partial charge in [-0.1, -0.05) is 6.07 Å². The first-order valence-electron chi connectivity index (χ1n) is 8.43. The fourth-order valence-electron chi connectivity index (χ4n) is 3.04. The van der Waals surface area contributed by atoms with Crippen molar-refractivity contribution in [3.8, 4) is 45.8 Å². The number of pyridine rings is 4. The van der Waals surface area contributed by atoms with Crippen molar-refractivity contribution in [1.82, 2.24) is 19.9 Å². The molecule has 0 atom stereocenters. The van der Waals surface area contributed by atoms with Crippen LogP contribution < -0.4 is 0 Å². The summed E-state index contributed by atoms with van der Waals surface area (Å²) < 4.78 is 0. The minimum absolute atomic E-state index is 0.327. The Hall–Kier alpha value is -4.42. The lowest BCUT2D eigenvalue weighted by molar-refractivity contribution is 1.24. The fourth-order valence-corrected chi connectivity index (χ4v) is 3.04. The van der Waals surface area contributed by atoms with Gasteiger partial charge in [0.25, 0.3) is 0 Å². The van der Waals surface area contributed by atoms with E-state index in [1.807, 2.05) is 6.07 Å². The van der Waals surface area contributed by atoms with Crippen LogP contribution >= 0.6 is 0 Å². The standard InChI is InChI=1S/C22H12N6/c23-12-18-20(17-2-1-7-27-14-17)19(13-24)22(16-5-10-26-11-6-16)28-21(18)15-3-8-25-9-4-15/h1-11,14H. The third-order valence-electron chi connectivity index (χ3n) is 4.28. The number of aromatic nitrogens is 4. The molecule has 0 aromatic carbocycles. The number of hydrogen-bond acceptors (Lipinski definition) is 6. The second kappa shape index (κ2) is 7.45. The van der Waals surface area contributed by atoms with Gasteiger partial charge in [0.1, 0.15) is 12.1 Å². The zero-order chi connectivity index (χ0) is 19.3. The van der Waals surface area contributed by atoms with E-state index in [9.17, 15) is 10.5 Å². The third-order valence-corrected chi connectivity index (χ3v) is 4.28. The largest absolute Gasteiger partial charge is 0.265 e. The van der Waals surface area contributed by atoms with Gasteiger partial charge in [-0.25, -0.2) is 4.98 Å². The number of rotatable bonds is 3. The molecule has 4 aromatic heterocycles. The smallest absolute Gasteiger partial charge is 0.102 e. The van der Waals surface area contributed by atoms with Gasteiger partial charge in [-0.15, -0.1) is 0 Å². The van der Waals surface area contributed by atoms with Gasteiger partial charge in [0.05, 0.1) is 22.5 Å². The summed E-state index contributed by atoms with van der Waals surface area (Å²) in [6.07, 6.45) is 9.87. The van der Waals surface area contributed by atoms with Crippen LogP contribution in [0.25, 0.3) is 33.6 Å². The Morgan fingerprint density at radius 2 is 1.14 bits per heavy atom. The zero-order valence-electron chi connectivity index (χ0n) is 14.6. The van der Waals surface area contributed by atoms with Gasteiger partial charge in [0, 0.05) is 59.4 Å². The first kappa shape index (κ1) is 17.0. The van der Waals surface area contributed by atoms with E-state index < -0.39 is 0 Å². The van der Waals surface area contributed by atoms with Gasteiger partial charge >= 0.3 is 0 Å². The van der Waals surface area contributed by atoms with Crippen LogP contribution in [-0.2, 0) is 0 Å². The highest BCUT2D eigenvalue weighted by atomic mass is 14.7. The molecule has 0 aliphatic rings. The van der Waals surface area contributed by atoms with Crippen LogP contribution in [0.1, 0.15) is 11.1 Å². The molecule has 0 amide bonds. The molecule has 0 aliphatic heterocycles. The summed E-state index contributed by atoms with van der Waals surface area (Å²) in [4.78, 5) is 17.0. The van der Waals surface area contributed by atoms with Gasteiger partial charge in [0.2, 0.25) is 0 Å². The Balaban J connectivity index is 2.15. The van der Waals surface area contributed by atoms with Crippen molar-refractivity contribution >= 4 is 0 Å². The summed E-state index contributed by atoms with van der Waals surface area (Å²) >= 11 is 0. The summed E-state index contributed by atoms with van der Waals surface area (Å²) in [5.41, 5.74) is 4.34. The van der Waals surface area contributed by atoms with Crippen LogP contribution in [0, 0.1) is 22.7 Å². The molecule has 0 radical (unpaired) electrons. The van der Waals surface area contributed by atoms with E-state index in [1.165, 1.54) is 0 Å². The molecule has 130 valence electrons. The fraction of sp³-hybridized carbons (Fsp3) is 0. The Kier molecular flexibility index (Phi) is 4.53. The van der Waals surface area contributed by atoms with Crippen LogP contribution in [0.4, 0.5) is 0 Å². The minimum Gasteiger partial charge on any atom is -0.265 e. The average Bonchev–Trinajstić information content (AvgIpc) is 2.79. The second-order valence-electron chi connectivity index (χ2n) is 5.87. The molecule has 4 heterocycles. The van der Waals surface area contributed by atoms with Gasteiger partial charge in [-0.2, -0.15) is 10.5 Å². The summed E-state index contributed by atoms with van der Waals surface area (Å²) in [5, 5.41) is 19.9. The molecular formula is C22H12N6. The third kappa shape index (κ3) is 2.96. The summed E-state index contributed by atoms with van der Waals surface area (Å²) in [6, 6.07) is 15.2. The van der Waals surface area contributed by atoms with Crippen molar-refractivity contribution in [1.29, 1.82) is 10.5 Å². The van der Waals surface area contributed by atoms with Gasteiger partial charge in [-0.05, 0) is 30.3 Å². The Bertz CT molecular complexity index is 1130. The highest BCUT2D eigenvalue weighted by Crippen LogP contribution is 2.37. The van der Waals surface area contributed by atoms with Gasteiger partial charge in [-0.3, -0.25) is 15.0 Å². The van der Waals surface area contributed by atoms with Crippen LogP contribution in [-0.4, -0.2) is 19.9 Å². The van der Waals surface area contributed by atoms with Crippen LogP contribution in [0.5, 0.6) is 0 Å². The van der Waals surface area contributed by atoms with Crippen molar-refractivity contribution in [2.24, 2.45) is 0 Å². The van der Waals surface area contributed by atoms with E-state index in [0.29, 0.717) is 33.6 Å². The lowest BCUT2D eigenvalue weighted by Crippen LogP contribution is -2.02. The van der Waals surface area contributed by atoms with Crippen molar-refractivity contribution < 1.29 is 0 Å². The number of hydrogen-bond donors (Lipinski definition) is 0. The quantitative estimate of drug-likeness (QED) is 0.547. The summed E-state index contributed by atoms with van der Waals surface area (Å²) in [5.74, 6) is 0. The number of nitrogens with zero attached hydrogens (tertiary/aromatic N) is 6. The maximum absolute atomic E-state index is 9.96. The van der Waals surface area contributed by atoms with Crippen LogP contribution in [0.3, 0.4) is 0 Å². The van der Waals surface area contributed by atoms with E-state index in [0.717, 1.165) is 11.1 Å². The first-order chi connectivity index (χ1) is 13.8. The molecule has 28 heavy (non-hydrogen) atoms. The normalized spacial score (nSPS) is 10.1. The Labute approximate surface area is 161 Å². The molecule has 4 aromatic rings. The molecule has 6 nitrogen and oxygen atoms in total. The van der Waals surface area contributed by atoms with E-state index >= 15 is 0 Å². The topological polar surface area (TPSA) is 99.1 Å². The number of nitriles is 2. The van der Waals surface area contributed by atoms with Gasteiger partial charge < -0.3 is 0 Å². The average molecular weight is 360 g/mol. The molecule has 4 rings (SSSR count). The predicted octanol–water partition coefficient (Wildman–Crippen LogP) is 4.01. The Morgan fingerprint density at radius 1 is 0.607 bits per heavy atom.